The highest BCUT2D eigenvalue weighted by Gasteiger charge is 2.22. The molecule has 1 aliphatic carbocycles. The van der Waals surface area contributed by atoms with Crippen molar-refractivity contribution in [2.45, 2.75) is 51.1 Å². The van der Waals surface area contributed by atoms with Crippen LogP contribution >= 0.6 is 11.8 Å². The van der Waals surface area contributed by atoms with Crippen molar-refractivity contribution in [3.8, 4) is 0 Å². The van der Waals surface area contributed by atoms with E-state index >= 15 is 0 Å². The van der Waals surface area contributed by atoms with Gasteiger partial charge < -0.3 is 10.6 Å². The topological polar surface area (TPSA) is 81.2 Å². The summed E-state index contributed by atoms with van der Waals surface area (Å²) >= 11 is 1.29. The van der Waals surface area contributed by atoms with Crippen molar-refractivity contribution in [1.29, 1.82) is 0 Å². The number of nitrogens with zero attached hydrogens (tertiary/aromatic N) is 3. The zero-order valence-corrected chi connectivity index (χ0v) is 14.8. The first kappa shape index (κ1) is 18.0. The van der Waals surface area contributed by atoms with Crippen LogP contribution in [0.25, 0.3) is 0 Å². The number of carbonyl (C=O) groups excluding carboxylic acids is 1. The molecule has 0 aromatic carbocycles. The molecule has 0 bridgehead atoms. The van der Waals surface area contributed by atoms with Gasteiger partial charge in [-0.2, -0.15) is 4.98 Å². The van der Waals surface area contributed by atoms with Crippen LogP contribution in [0.15, 0.2) is 9.82 Å². The Morgan fingerprint density at radius 2 is 2.09 bits per heavy atom. The lowest BCUT2D eigenvalue weighted by atomic mass is 10.2. The van der Waals surface area contributed by atoms with Crippen LogP contribution in [0.4, 0.5) is 0 Å². The van der Waals surface area contributed by atoms with Crippen molar-refractivity contribution >= 4 is 17.7 Å². The molecule has 2 N–H and O–H groups in total. The van der Waals surface area contributed by atoms with Crippen molar-refractivity contribution in [2.75, 3.05) is 25.4 Å². The predicted octanol–water partition coefficient (Wildman–Crippen LogP) is 1.04. The smallest absolute Gasteiger partial charge is 0.348 e. The Balaban J connectivity index is 2.13. The first-order valence-corrected chi connectivity index (χ1v) is 9.31. The van der Waals surface area contributed by atoms with E-state index in [-0.39, 0.29) is 17.3 Å². The summed E-state index contributed by atoms with van der Waals surface area (Å²) in [5.74, 6) is -0.211. The molecule has 1 aromatic rings. The molecule has 7 heteroatoms. The molecule has 0 saturated heterocycles. The lowest BCUT2D eigenvalue weighted by Gasteiger charge is -2.19. The van der Waals surface area contributed by atoms with E-state index in [1.165, 1.54) is 11.8 Å². The van der Waals surface area contributed by atoms with Crippen LogP contribution in [0.2, 0.25) is 0 Å². The Labute approximate surface area is 141 Å². The highest BCUT2D eigenvalue weighted by molar-refractivity contribution is 7.99. The maximum absolute atomic E-state index is 12.4. The molecule has 0 aliphatic heterocycles. The minimum absolute atomic E-state index is 0.171. The molecule has 6 nitrogen and oxygen atoms in total. The molecule has 23 heavy (non-hydrogen) atoms. The average molecular weight is 338 g/mol. The lowest BCUT2D eigenvalue weighted by Crippen LogP contribution is -2.30. The average Bonchev–Trinajstić information content (AvgIpc) is 3.01. The lowest BCUT2D eigenvalue weighted by molar-refractivity contribution is -0.115. The van der Waals surface area contributed by atoms with E-state index in [1.54, 1.807) is 0 Å². The molecule has 128 valence electrons. The SMILES string of the molecule is CCN(CC)CCCn1c2c(c(SCC(N)=O)nc1=O)CCC2. The van der Waals surface area contributed by atoms with Gasteiger partial charge >= 0.3 is 5.69 Å². The third-order valence-corrected chi connectivity index (χ3v) is 5.34. The number of fused-ring (bicyclic) bond motifs is 1. The Kier molecular flexibility index (Phi) is 6.65. The van der Waals surface area contributed by atoms with Crippen LogP contribution in [0.1, 0.15) is 37.9 Å². The second-order valence-corrected chi connectivity index (χ2v) is 6.73. The fourth-order valence-electron chi connectivity index (χ4n) is 3.07. The summed E-state index contributed by atoms with van der Waals surface area (Å²) < 4.78 is 1.83. The number of nitrogens with two attached hydrogens (primary N) is 1. The number of aromatic nitrogens is 2. The third kappa shape index (κ3) is 4.57. The highest BCUT2D eigenvalue weighted by Crippen LogP contribution is 2.29. The van der Waals surface area contributed by atoms with Crippen LogP contribution in [0, 0.1) is 0 Å². The van der Waals surface area contributed by atoms with Crippen LogP contribution in [-0.4, -0.2) is 45.7 Å². The molecular formula is C16H26N4O2S. The second-order valence-electron chi connectivity index (χ2n) is 5.77. The van der Waals surface area contributed by atoms with Gasteiger partial charge in [-0.05, 0) is 45.3 Å². The van der Waals surface area contributed by atoms with E-state index in [4.69, 9.17) is 5.73 Å². The van der Waals surface area contributed by atoms with Gasteiger partial charge in [0.2, 0.25) is 5.91 Å². The van der Waals surface area contributed by atoms with E-state index in [0.717, 1.165) is 56.6 Å². The number of hydrogen-bond donors (Lipinski definition) is 1. The molecule has 1 aromatic heterocycles. The largest absolute Gasteiger partial charge is 0.369 e. The van der Waals surface area contributed by atoms with Crippen LogP contribution in [0.3, 0.4) is 0 Å². The Morgan fingerprint density at radius 1 is 1.35 bits per heavy atom. The van der Waals surface area contributed by atoms with E-state index in [2.05, 4.69) is 23.7 Å². The van der Waals surface area contributed by atoms with Crippen molar-refractivity contribution in [3.63, 3.8) is 0 Å². The second kappa shape index (κ2) is 8.49. The van der Waals surface area contributed by atoms with Gasteiger partial charge in [0.15, 0.2) is 0 Å². The third-order valence-electron chi connectivity index (χ3n) is 4.30. The van der Waals surface area contributed by atoms with Crippen molar-refractivity contribution < 1.29 is 4.79 Å². The van der Waals surface area contributed by atoms with E-state index in [0.29, 0.717) is 11.6 Å². The molecule has 1 aliphatic rings. The van der Waals surface area contributed by atoms with Crippen LogP contribution in [0.5, 0.6) is 0 Å². The molecule has 0 unspecified atom stereocenters. The summed E-state index contributed by atoms with van der Waals surface area (Å²) in [6.07, 6.45) is 3.84. The van der Waals surface area contributed by atoms with E-state index in [9.17, 15) is 9.59 Å². The Bertz CT molecular complexity index is 611. The summed E-state index contributed by atoms with van der Waals surface area (Å²) in [6, 6.07) is 0. The molecule has 0 radical (unpaired) electrons. The fraction of sp³-hybridized carbons (Fsp3) is 0.688. The van der Waals surface area contributed by atoms with Gasteiger partial charge in [-0.25, -0.2) is 4.79 Å². The van der Waals surface area contributed by atoms with Gasteiger partial charge in [0, 0.05) is 17.8 Å². The number of primary amides is 1. The maximum atomic E-state index is 12.4. The zero-order chi connectivity index (χ0) is 16.8. The molecule has 0 fully saturated rings. The quantitative estimate of drug-likeness (QED) is 0.537. The van der Waals surface area contributed by atoms with Crippen LogP contribution in [-0.2, 0) is 24.2 Å². The maximum Gasteiger partial charge on any atom is 0.348 e. The summed E-state index contributed by atoms with van der Waals surface area (Å²) in [7, 11) is 0. The number of hydrogen-bond acceptors (Lipinski definition) is 5. The van der Waals surface area contributed by atoms with Gasteiger partial charge in [0.05, 0.1) is 5.75 Å². The molecule has 0 saturated carbocycles. The summed E-state index contributed by atoms with van der Waals surface area (Å²) in [5, 5.41) is 0.696. The molecule has 1 amide bonds. The summed E-state index contributed by atoms with van der Waals surface area (Å²) in [5.41, 5.74) is 7.25. The minimum Gasteiger partial charge on any atom is -0.369 e. The van der Waals surface area contributed by atoms with Crippen molar-refractivity contribution in [2.24, 2.45) is 5.73 Å². The first-order valence-electron chi connectivity index (χ1n) is 8.32. The standard InChI is InChI=1S/C16H26N4O2S/c1-3-19(4-2)9-6-10-20-13-8-5-7-12(13)15(18-16(20)22)23-11-14(17)21/h3-11H2,1-2H3,(H2,17,21). The van der Waals surface area contributed by atoms with Gasteiger partial charge in [-0.1, -0.05) is 25.6 Å². The number of thioether (sulfide) groups is 1. The Morgan fingerprint density at radius 3 is 2.74 bits per heavy atom. The van der Waals surface area contributed by atoms with E-state index in [1.807, 2.05) is 4.57 Å². The summed E-state index contributed by atoms with van der Waals surface area (Å²) in [6.45, 7) is 8.08. The van der Waals surface area contributed by atoms with Gasteiger partial charge in [0.25, 0.3) is 0 Å². The van der Waals surface area contributed by atoms with Crippen molar-refractivity contribution in [1.82, 2.24) is 14.5 Å². The van der Waals surface area contributed by atoms with E-state index < -0.39 is 0 Å². The summed E-state index contributed by atoms with van der Waals surface area (Å²) in [4.78, 5) is 29.9. The number of rotatable bonds is 9. The molecular weight excluding hydrogens is 312 g/mol. The predicted molar refractivity (Wildman–Crippen MR) is 92.8 cm³/mol. The van der Waals surface area contributed by atoms with Crippen molar-refractivity contribution in [3.05, 3.63) is 21.7 Å². The fourth-order valence-corrected chi connectivity index (χ4v) is 3.88. The Hall–Kier alpha value is -1.34. The molecule has 0 spiro atoms. The van der Waals surface area contributed by atoms with Crippen LogP contribution < -0.4 is 11.4 Å². The number of amides is 1. The molecule has 1 heterocycles. The molecule has 0 atom stereocenters. The van der Waals surface area contributed by atoms with Gasteiger partial charge in [-0.15, -0.1) is 0 Å². The monoisotopic (exact) mass is 338 g/mol. The minimum atomic E-state index is -0.382. The van der Waals surface area contributed by atoms with Gasteiger partial charge in [-0.3, -0.25) is 9.36 Å². The normalized spacial score (nSPS) is 13.5. The highest BCUT2D eigenvalue weighted by atomic mass is 32.2. The zero-order valence-electron chi connectivity index (χ0n) is 14.0. The molecule has 2 rings (SSSR count). The number of carbonyl (C=O) groups is 1. The van der Waals surface area contributed by atoms with Gasteiger partial charge in [0.1, 0.15) is 5.03 Å². The first-order chi connectivity index (χ1) is 11.1.